The Morgan fingerprint density at radius 2 is 1.92 bits per heavy atom. The van der Waals surface area contributed by atoms with Gasteiger partial charge in [0, 0.05) is 0 Å². The Labute approximate surface area is 77.2 Å². The van der Waals surface area contributed by atoms with Gasteiger partial charge in [0.05, 0.1) is 20.8 Å². The van der Waals surface area contributed by atoms with Crippen molar-refractivity contribution in [2.75, 3.05) is 20.8 Å². The van der Waals surface area contributed by atoms with Gasteiger partial charge in [-0.2, -0.15) is 0 Å². The summed E-state index contributed by atoms with van der Waals surface area (Å²) in [7, 11) is 3.26. The van der Waals surface area contributed by atoms with Crippen LogP contribution in [0.2, 0.25) is 0 Å². The molecule has 0 amide bonds. The van der Waals surface area contributed by atoms with Gasteiger partial charge in [-0.15, -0.1) is 0 Å². The van der Waals surface area contributed by atoms with Gasteiger partial charge in [0.1, 0.15) is 6.10 Å². The van der Waals surface area contributed by atoms with Crippen LogP contribution in [0.15, 0.2) is 18.2 Å². The van der Waals surface area contributed by atoms with Crippen LogP contribution in [-0.2, 0) is 4.74 Å². The summed E-state index contributed by atoms with van der Waals surface area (Å²) < 4.78 is 15.5. The Balaban J connectivity index is 2.31. The first-order valence-corrected chi connectivity index (χ1v) is 4.18. The third-order valence-electron chi connectivity index (χ3n) is 2.11. The molecule has 0 saturated carbocycles. The molecular weight excluding hydrogens is 168 g/mol. The molecular formula is C10H12O3. The van der Waals surface area contributed by atoms with E-state index in [4.69, 9.17) is 14.2 Å². The average Bonchev–Trinajstić information content (AvgIpc) is 3.00. The van der Waals surface area contributed by atoms with E-state index in [2.05, 4.69) is 0 Å². The number of hydrogen-bond acceptors (Lipinski definition) is 3. The molecule has 1 atom stereocenters. The molecule has 1 aliphatic rings. The second-order valence-electron chi connectivity index (χ2n) is 2.94. The summed E-state index contributed by atoms with van der Waals surface area (Å²) in [6.07, 6.45) is 0.264. The van der Waals surface area contributed by atoms with E-state index in [-0.39, 0.29) is 6.10 Å². The molecule has 0 N–H and O–H groups in total. The Hall–Kier alpha value is -1.22. The average molecular weight is 180 g/mol. The summed E-state index contributed by atoms with van der Waals surface area (Å²) in [5.74, 6) is 1.52. The molecule has 2 rings (SSSR count). The molecule has 1 aromatic carbocycles. The largest absolute Gasteiger partial charge is 0.493 e. The quantitative estimate of drug-likeness (QED) is 0.664. The molecule has 3 nitrogen and oxygen atoms in total. The van der Waals surface area contributed by atoms with Crippen molar-refractivity contribution in [3.8, 4) is 11.5 Å². The van der Waals surface area contributed by atoms with E-state index >= 15 is 0 Å². The van der Waals surface area contributed by atoms with Crippen molar-refractivity contribution in [1.82, 2.24) is 0 Å². The lowest BCUT2D eigenvalue weighted by molar-refractivity contribution is 0.353. The zero-order valence-corrected chi connectivity index (χ0v) is 7.74. The van der Waals surface area contributed by atoms with Crippen molar-refractivity contribution in [2.45, 2.75) is 6.10 Å². The number of benzene rings is 1. The molecule has 1 aliphatic heterocycles. The maximum Gasteiger partial charge on any atom is 0.161 e. The van der Waals surface area contributed by atoms with Crippen LogP contribution in [0.1, 0.15) is 11.7 Å². The summed E-state index contributed by atoms with van der Waals surface area (Å²) in [5.41, 5.74) is 1.15. The summed E-state index contributed by atoms with van der Waals surface area (Å²) >= 11 is 0. The molecule has 1 fully saturated rings. The molecule has 0 aliphatic carbocycles. The molecule has 70 valence electrons. The molecule has 0 aromatic heterocycles. The van der Waals surface area contributed by atoms with Crippen molar-refractivity contribution in [2.24, 2.45) is 0 Å². The van der Waals surface area contributed by atoms with Crippen LogP contribution in [0.5, 0.6) is 11.5 Å². The predicted octanol–water partition coefficient (Wildman–Crippen LogP) is 1.78. The van der Waals surface area contributed by atoms with E-state index in [9.17, 15) is 0 Å². The number of methoxy groups -OCH3 is 2. The topological polar surface area (TPSA) is 31.0 Å². The molecule has 3 heteroatoms. The fraction of sp³-hybridized carbons (Fsp3) is 0.400. The lowest BCUT2D eigenvalue weighted by Crippen LogP contribution is -1.91. The van der Waals surface area contributed by atoms with E-state index in [1.807, 2.05) is 18.2 Å². The van der Waals surface area contributed by atoms with Crippen LogP contribution in [0.3, 0.4) is 0 Å². The predicted molar refractivity (Wildman–Crippen MR) is 48.2 cm³/mol. The highest BCUT2D eigenvalue weighted by Crippen LogP contribution is 2.35. The molecule has 13 heavy (non-hydrogen) atoms. The van der Waals surface area contributed by atoms with Crippen LogP contribution in [-0.4, -0.2) is 20.8 Å². The van der Waals surface area contributed by atoms with E-state index in [0.29, 0.717) is 0 Å². The Morgan fingerprint density at radius 1 is 1.23 bits per heavy atom. The van der Waals surface area contributed by atoms with Crippen molar-refractivity contribution < 1.29 is 14.2 Å². The van der Waals surface area contributed by atoms with Gasteiger partial charge in [-0.1, -0.05) is 6.07 Å². The van der Waals surface area contributed by atoms with E-state index < -0.39 is 0 Å². The highest BCUT2D eigenvalue weighted by atomic mass is 16.6. The van der Waals surface area contributed by atoms with Crippen LogP contribution < -0.4 is 9.47 Å². The second kappa shape index (κ2) is 3.26. The van der Waals surface area contributed by atoms with Crippen molar-refractivity contribution >= 4 is 0 Å². The second-order valence-corrected chi connectivity index (χ2v) is 2.94. The minimum absolute atomic E-state index is 0.264. The number of hydrogen-bond donors (Lipinski definition) is 0. The molecule has 0 radical (unpaired) electrons. The van der Waals surface area contributed by atoms with Gasteiger partial charge >= 0.3 is 0 Å². The number of ether oxygens (including phenoxy) is 3. The maximum atomic E-state index is 5.17. The summed E-state index contributed by atoms with van der Waals surface area (Å²) in [4.78, 5) is 0. The highest BCUT2D eigenvalue weighted by Gasteiger charge is 2.25. The third kappa shape index (κ3) is 1.60. The van der Waals surface area contributed by atoms with Crippen molar-refractivity contribution in [3.63, 3.8) is 0 Å². The number of rotatable bonds is 3. The van der Waals surface area contributed by atoms with Gasteiger partial charge in [-0.3, -0.25) is 0 Å². The standard InChI is InChI=1S/C10H12O3/c1-11-8-4-3-7(10-6-13-10)5-9(8)12-2/h3-5,10H,6H2,1-2H3/t10-/m0/s1. The van der Waals surface area contributed by atoms with Gasteiger partial charge in [0.15, 0.2) is 11.5 Å². The smallest absolute Gasteiger partial charge is 0.161 e. The SMILES string of the molecule is COc1ccc([C@@H]2CO2)cc1OC. The molecule has 1 aromatic rings. The van der Waals surface area contributed by atoms with Crippen LogP contribution >= 0.6 is 0 Å². The first kappa shape index (κ1) is 8.38. The Bertz CT molecular complexity index is 305. The first-order chi connectivity index (χ1) is 6.35. The van der Waals surface area contributed by atoms with E-state index in [0.717, 1.165) is 23.7 Å². The normalized spacial score (nSPS) is 19.7. The third-order valence-corrected chi connectivity index (χ3v) is 2.11. The minimum atomic E-state index is 0.264. The lowest BCUT2D eigenvalue weighted by atomic mass is 10.1. The Kier molecular flexibility index (Phi) is 2.10. The zero-order valence-electron chi connectivity index (χ0n) is 7.74. The van der Waals surface area contributed by atoms with E-state index in [1.165, 1.54) is 0 Å². The zero-order chi connectivity index (χ0) is 9.26. The minimum Gasteiger partial charge on any atom is -0.493 e. The fourth-order valence-electron chi connectivity index (χ4n) is 1.29. The van der Waals surface area contributed by atoms with Gasteiger partial charge in [0.25, 0.3) is 0 Å². The van der Waals surface area contributed by atoms with Gasteiger partial charge in [-0.05, 0) is 17.7 Å². The molecule has 0 bridgehead atoms. The fourth-order valence-corrected chi connectivity index (χ4v) is 1.29. The molecule has 1 saturated heterocycles. The van der Waals surface area contributed by atoms with Crippen LogP contribution in [0.4, 0.5) is 0 Å². The monoisotopic (exact) mass is 180 g/mol. The number of epoxide rings is 1. The lowest BCUT2D eigenvalue weighted by Gasteiger charge is -2.07. The summed E-state index contributed by atoms with van der Waals surface area (Å²) in [6.45, 7) is 0.815. The molecule has 0 spiro atoms. The van der Waals surface area contributed by atoms with Crippen molar-refractivity contribution in [3.05, 3.63) is 23.8 Å². The first-order valence-electron chi connectivity index (χ1n) is 4.18. The highest BCUT2D eigenvalue weighted by molar-refractivity contribution is 5.44. The summed E-state index contributed by atoms with van der Waals surface area (Å²) in [6, 6.07) is 5.85. The van der Waals surface area contributed by atoms with Crippen LogP contribution in [0.25, 0.3) is 0 Å². The van der Waals surface area contributed by atoms with Crippen LogP contribution in [0, 0.1) is 0 Å². The maximum absolute atomic E-state index is 5.17. The molecule has 0 unspecified atom stereocenters. The van der Waals surface area contributed by atoms with Crippen molar-refractivity contribution in [1.29, 1.82) is 0 Å². The summed E-state index contributed by atoms with van der Waals surface area (Å²) in [5, 5.41) is 0. The van der Waals surface area contributed by atoms with E-state index in [1.54, 1.807) is 14.2 Å². The van der Waals surface area contributed by atoms with Gasteiger partial charge < -0.3 is 14.2 Å². The molecule has 1 heterocycles. The van der Waals surface area contributed by atoms with Gasteiger partial charge in [0.2, 0.25) is 0 Å². The Morgan fingerprint density at radius 3 is 2.46 bits per heavy atom. The van der Waals surface area contributed by atoms with Gasteiger partial charge in [-0.25, -0.2) is 0 Å².